The van der Waals surface area contributed by atoms with Gasteiger partial charge in [-0.3, -0.25) is 0 Å². The molecule has 0 aliphatic heterocycles. The summed E-state index contributed by atoms with van der Waals surface area (Å²) < 4.78 is 23.6. The van der Waals surface area contributed by atoms with E-state index in [1.165, 1.54) is 6.07 Å². The number of nitrogens with two attached hydrogens (primary N) is 1. The monoisotopic (exact) mass is 259 g/mol. The molecule has 0 aliphatic carbocycles. The summed E-state index contributed by atoms with van der Waals surface area (Å²) in [4.78, 5) is 0.853. The van der Waals surface area contributed by atoms with Crippen molar-refractivity contribution in [2.24, 2.45) is 0 Å². The molecule has 0 spiro atoms. The third-order valence-corrected chi connectivity index (χ3v) is 3.27. The number of hydrogen-bond acceptors (Lipinski definition) is 4. The predicted molar refractivity (Wildman–Crippen MR) is 69.2 cm³/mol. The molecule has 0 unspecified atom stereocenters. The van der Waals surface area contributed by atoms with E-state index in [9.17, 15) is 4.39 Å². The van der Waals surface area contributed by atoms with Crippen LogP contribution in [-0.2, 0) is 4.74 Å². The summed E-state index contributed by atoms with van der Waals surface area (Å²) in [5, 5.41) is 0. The molecule has 0 aromatic heterocycles. The van der Waals surface area contributed by atoms with Gasteiger partial charge in [0, 0.05) is 36.1 Å². The Balaban J connectivity index is 2.66. The number of rotatable bonds is 7. The van der Waals surface area contributed by atoms with Crippen molar-refractivity contribution < 1.29 is 13.9 Å². The lowest BCUT2D eigenvalue weighted by Crippen LogP contribution is -1.98. The Hall–Kier alpha value is -0.940. The first kappa shape index (κ1) is 14.1. The average Bonchev–Trinajstić information content (AvgIpc) is 2.30. The van der Waals surface area contributed by atoms with Gasteiger partial charge in [-0.25, -0.2) is 4.39 Å². The second kappa shape index (κ2) is 7.40. The first-order valence-electron chi connectivity index (χ1n) is 5.52. The molecule has 5 heteroatoms. The van der Waals surface area contributed by atoms with Crippen molar-refractivity contribution in [1.82, 2.24) is 0 Å². The molecule has 0 radical (unpaired) electrons. The van der Waals surface area contributed by atoms with E-state index in [1.54, 1.807) is 24.9 Å². The zero-order valence-electron chi connectivity index (χ0n) is 10.2. The largest absolute Gasteiger partial charge is 0.491 e. The van der Waals surface area contributed by atoms with Gasteiger partial charge < -0.3 is 15.2 Å². The second-order valence-corrected chi connectivity index (χ2v) is 4.59. The van der Waals surface area contributed by atoms with E-state index in [1.807, 2.05) is 6.92 Å². The van der Waals surface area contributed by atoms with Gasteiger partial charge in [0.1, 0.15) is 0 Å². The molecule has 3 nitrogen and oxygen atoms in total. The molecule has 96 valence electrons. The van der Waals surface area contributed by atoms with Crippen LogP contribution in [0.25, 0.3) is 0 Å². The van der Waals surface area contributed by atoms with Gasteiger partial charge in [-0.15, -0.1) is 11.8 Å². The van der Waals surface area contributed by atoms with Gasteiger partial charge in [-0.05, 0) is 19.4 Å². The van der Waals surface area contributed by atoms with Gasteiger partial charge in [-0.2, -0.15) is 0 Å². The number of ether oxygens (including phenoxy) is 2. The van der Waals surface area contributed by atoms with E-state index >= 15 is 0 Å². The van der Waals surface area contributed by atoms with E-state index in [0.717, 1.165) is 17.1 Å². The van der Waals surface area contributed by atoms with Crippen molar-refractivity contribution >= 4 is 17.4 Å². The highest BCUT2D eigenvalue weighted by molar-refractivity contribution is 7.99. The van der Waals surface area contributed by atoms with Crippen LogP contribution in [-0.4, -0.2) is 26.1 Å². The van der Waals surface area contributed by atoms with E-state index in [4.69, 9.17) is 15.2 Å². The highest BCUT2D eigenvalue weighted by Crippen LogP contribution is 2.31. The van der Waals surface area contributed by atoms with Crippen LogP contribution >= 0.6 is 11.8 Å². The number of thioether (sulfide) groups is 1. The zero-order chi connectivity index (χ0) is 12.7. The van der Waals surface area contributed by atoms with Crippen molar-refractivity contribution in [2.45, 2.75) is 18.2 Å². The maximum atomic E-state index is 13.4. The first-order valence-corrected chi connectivity index (χ1v) is 6.51. The third kappa shape index (κ3) is 4.44. The number of hydrogen-bond donors (Lipinski definition) is 1. The van der Waals surface area contributed by atoms with Crippen LogP contribution in [0, 0.1) is 5.82 Å². The number of halogens is 1. The molecular weight excluding hydrogens is 241 g/mol. The number of nitrogen functional groups attached to an aromatic ring is 1. The van der Waals surface area contributed by atoms with Gasteiger partial charge in [0.15, 0.2) is 11.6 Å². The van der Waals surface area contributed by atoms with Crippen molar-refractivity contribution in [2.75, 3.05) is 31.8 Å². The fourth-order valence-electron chi connectivity index (χ4n) is 1.33. The second-order valence-electron chi connectivity index (χ2n) is 3.45. The third-order valence-electron chi connectivity index (χ3n) is 2.11. The quantitative estimate of drug-likeness (QED) is 0.464. The fourth-order valence-corrected chi connectivity index (χ4v) is 2.22. The average molecular weight is 259 g/mol. The maximum absolute atomic E-state index is 13.4. The van der Waals surface area contributed by atoms with Crippen LogP contribution < -0.4 is 10.5 Å². The molecule has 1 aromatic rings. The Morgan fingerprint density at radius 2 is 2.18 bits per heavy atom. The molecule has 1 rings (SSSR count). The zero-order valence-corrected chi connectivity index (χ0v) is 11.0. The summed E-state index contributed by atoms with van der Waals surface area (Å²) in [7, 11) is 1.67. The Bertz CT molecular complexity index is 361. The lowest BCUT2D eigenvalue weighted by atomic mass is 10.3. The lowest BCUT2D eigenvalue weighted by molar-refractivity contribution is 0.200. The smallest absolute Gasteiger partial charge is 0.167 e. The van der Waals surface area contributed by atoms with Crippen LogP contribution in [0.5, 0.6) is 5.75 Å². The number of benzene rings is 1. The SMILES string of the molecule is CCOc1cc(SCCCOC)c(N)cc1F. The minimum atomic E-state index is -0.411. The molecule has 0 saturated carbocycles. The Labute approximate surface area is 105 Å². The van der Waals surface area contributed by atoms with Crippen LogP contribution in [0.15, 0.2) is 17.0 Å². The molecule has 0 amide bonds. The molecule has 0 atom stereocenters. The van der Waals surface area contributed by atoms with E-state index < -0.39 is 5.82 Å². The van der Waals surface area contributed by atoms with Crippen molar-refractivity contribution in [3.8, 4) is 5.75 Å². The summed E-state index contributed by atoms with van der Waals surface area (Å²) in [6.07, 6.45) is 0.932. The molecule has 17 heavy (non-hydrogen) atoms. The van der Waals surface area contributed by atoms with Crippen LogP contribution in [0.1, 0.15) is 13.3 Å². The first-order chi connectivity index (χ1) is 8.19. The van der Waals surface area contributed by atoms with Crippen molar-refractivity contribution in [3.05, 3.63) is 17.9 Å². The van der Waals surface area contributed by atoms with Gasteiger partial charge >= 0.3 is 0 Å². The van der Waals surface area contributed by atoms with Crippen LogP contribution in [0.2, 0.25) is 0 Å². The summed E-state index contributed by atoms with van der Waals surface area (Å²) in [5.41, 5.74) is 6.21. The molecule has 0 heterocycles. The minimum Gasteiger partial charge on any atom is -0.491 e. The Morgan fingerprint density at radius 3 is 2.82 bits per heavy atom. The lowest BCUT2D eigenvalue weighted by Gasteiger charge is -2.10. The molecule has 0 bridgehead atoms. The van der Waals surface area contributed by atoms with E-state index in [2.05, 4.69) is 0 Å². The molecule has 0 saturated heterocycles. The minimum absolute atomic E-state index is 0.260. The highest BCUT2D eigenvalue weighted by Gasteiger charge is 2.09. The van der Waals surface area contributed by atoms with Crippen molar-refractivity contribution in [1.29, 1.82) is 0 Å². The molecular formula is C12H18FNO2S. The summed E-state index contributed by atoms with van der Waals surface area (Å²) >= 11 is 1.58. The normalized spacial score (nSPS) is 10.5. The number of methoxy groups -OCH3 is 1. The predicted octanol–water partition coefficient (Wildman–Crippen LogP) is 2.94. The molecule has 1 aromatic carbocycles. The van der Waals surface area contributed by atoms with Crippen LogP contribution in [0.3, 0.4) is 0 Å². The van der Waals surface area contributed by atoms with Crippen molar-refractivity contribution in [3.63, 3.8) is 0 Å². The number of anilines is 1. The summed E-state index contributed by atoms with van der Waals surface area (Å²) in [5.74, 6) is 0.733. The maximum Gasteiger partial charge on any atom is 0.167 e. The van der Waals surface area contributed by atoms with Gasteiger partial charge in [0.25, 0.3) is 0 Å². The van der Waals surface area contributed by atoms with Gasteiger partial charge in [0.2, 0.25) is 0 Å². The summed E-state index contributed by atoms with van der Waals surface area (Å²) in [6.45, 7) is 2.97. The molecule has 0 aliphatic rings. The van der Waals surface area contributed by atoms with Gasteiger partial charge in [0.05, 0.1) is 6.61 Å². The van der Waals surface area contributed by atoms with Gasteiger partial charge in [-0.1, -0.05) is 0 Å². The van der Waals surface area contributed by atoms with Crippen LogP contribution in [0.4, 0.5) is 10.1 Å². The van der Waals surface area contributed by atoms with E-state index in [-0.39, 0.29) is 5.75 Å². The fraction of sp³-hybridized carbons (Fsp3) is 0.500. The Kier molecular flexibility index (Phi) is 6.15. The topological polar surface area (TPSA) is 44.5 Å². The standard InChI is InChI=1S/C12H18FNO2S/c1-3-16-11-8-12(10(14)7-9(11)13)17-6-4-5-15-2/h7-8H,3-6,14H2,1-2H3. The highest BCUT2D eigenvalue weighted by atomic mass is 32.2. The molecule has 2 N–H and O–H groups in total. The summed E-state index contributed by atoms with van der Waals surface area (Å²) in [6, 6.07) is 2.97. The molecule has 0 fully saturated rings. The Morgan fingerprint density at radius 1 is 1.41 bits per heavy atom. The van der Waals surface area contributed by atoms with E-state index in [0.29, 0.717) is 18.9 Å².